The standard InChI is InChI=1S/C22H19N5O2/c1-15(28)27(2)21-8-6-17(10-19(21)11-23)20-7-5-18(14-25-20)22(29)26-13-16-4-3-9-24-12-16/h3-10,12,14H,13H2,1-2H3,(H,26,29). The van der Waals surface area contributed by atoms with Crippen LogP contribution in [0.2, 0.25) is 0 Å². The Kier molecular flexibility index (Phi) is 5.95. The first-order valence-electron chi connectivity index (χ1n) is 8.91. The SMILES string of the molecule is CC(=O)N(C)c1ccc(-c2ccc(C(=O)NCc3cccnc3)cn2)cc1C#N. The molecule has 2 aromatic heterocycles. The molecule has 0 spiro atoms. The minimum atomic E-state index is -0.232. The number of anilines is 1. The van der Waals surface area contributed by atoms with Crippen molar-refractivity contribution in [3.63, 3.8) is 0 Å². The van der Waals surface area contributed by atoms with Gasteiger partial charge in [-0.25, -0.2) is 0 Å². The monoisotopic (exact) mass is 385 g/mol. The summed E-state index contributed by atoms with van der Waals surface area (Å²) in [5.41, 5.74) is 3.61. The van der Waals surface area contributed by atoms with E-state index in [1.54, 1.807) is 49.8 Å². The van der Waals surface area contributed by atoms with Gasteiger partial charge in [-0.3, -0.25) is 19.6 Å². The molecule has 0 atom stereocenters. The number of nitrogens with zero attached hydrogens (tertiary/aromatic N) is 4. The van der Waals surface area contributed by atoms with Crippen molar-refractivity contribution in [2.45, 2.75) is 13.5 Å². The van der Waals surface area contributed by atoms with Gasteiger partial charge in [0, 0.05) is 44.7 Å². The van der Waals surface area contributed by atoms with Crippen LogP contribution in [0.1, 0.15) is 28.4 Å². The predicted octanol–water partition coefficient (Wildman–Crippen LogP) is 2.93. The van der Waals surface area contributed by atoms with Crippen molar-refractivity contribution in [1.82, 2.24) is 15.3 Å². The first-order valence-corrected chi connectivity index (χ1v) is 8.91. The Bertz CT molecular complexity index is 1070. The van der Waals surface area contributed by atoms with E-state index < -0.39 is 0 Å². The van der Waals surface area contributed by atoms with Crippen molar-refractivity contribution >= 4 is 17.5 Å². The molecule has 0 aliphatic rings. The quantitative estimate of drug-likeness (QED) is 0.728. The van der Waals surface area contributed by atoms with Gasteiger partial charge in [-0.2, -0.15) is 5.26 Å². The third-order valence-electron chi connectivity index (χ3n) is 4.45. The fraction of sp³-hybridized carbons (Fsp3) is 0.136. The van der Waals surface area contributed by atoms with Crippen LogP contribution in [0, 0.1) is 11.3 Å². The highest BCUT2D eigenvalue weighted by atomic mass is 16.2. The molecule has 0 bridgehead atoms. The number of nitrogens with one attached hydrogen (secondary N) is 1. The lowest BCUT2D eigenvalue weighted by molar-refractivity contribution is -0.116. The van der Waals surface area contributed by atoms with Crippen molar-refractivity contribution in [2.24, 2.45) is 0 Å². The zero-order chi connectivity index (χ0) is 20.8. The molecule has 0 saturated heterocycles. The molecular weight excluding hydrogens is 366 g/mol. The number of benzene rings is 1. The number of rotatable bonds is 5. The minimum absolute atomic E-state index is 0.158. The van der Waals surface area contributed by atoms with Crippen LogP contribution < -0.4 is 10.2 Å². The summed E-state index contributed by atoms with van der Waals surface area (Å²) in [6.07, 6.45) is 4.87. The number of carbonyl (C=O) groups is 2. The summed E-state index contributed by atoms with van der Waals surface area (Å²) >= 11 is 0. The Morgan fingerprint density at radius 1 is 1.17 bits per heavy atom. The molecule has 0 aliphatic carbocycles. The summed E-state index contributed by atoms with van der Waals surface area (Å²) in [6, 6.07) is 14.4. The van der Waals surface area contributed by atoms with Crippen molar-refractivity contribution < 1.29 is 9.59 Å². The van der Waals surface area contributed by atoms with E-state index in [9.17, 15) is 14.9 Å². The van der Waals surface area contributed by atoms with Crippen molar-refractivity contribution in [1.29, 1.82) is 5.26 Å². The maximum absolute atomic E-state index is 12.3. The summed E-state index contributed by atoms with van der Waals surface area (Å²) in [7, 11) is 1.62. The highest BCUT2D eigenvalue weighted by Crippen LogP contribution is 2.26. The Hall–Kier alpha value is -4.05. The molecule has 144 valence electrons. The van der Waals surface area contributed by atoms with E-state index in [0.717, 1.165) is 11.1 Å². The summed E-state index contributed by atoms with van der Waals surface area (Å²) in [5.74, 6) is -0.391. The van der Waals surface area contributed by atoms with Crippen molar-refractivity contribution in [2.75, 3.05) is 11.9 Å². The van der Waals surface area contributed by atoms with Gasteiger partial charge < -0.3 is 10.2 Å². The van der Waals surface area contributed by atoms with Crippen LogP contribution in [0.3, 0.4) is 0 Å². The smallest absolute Gasteiger partial charge is 0.253 e. The molecule has 2 amide bonds. The molecule has 3 rings (SSSR count). The Morgan fingerprint density at radius 3 is 2.62 bits per heavy atom. The van der Waals surface area contributed by atoms with E-state index in [-0.39, 0.29) is 11.8 Å². The number of aromatic nitrogens is 2. The second-order valence-electron chi connectivity index (χ2n) is 6.40. The molecular formula is C22H19N5O2. The van der Waals surface area contributed by atoms with Crippen LogP contribution in [0.15, 0.2) is 61.1 Å². The van der Waals surface area contributed by atoms with E-state index in [4.69, 9.17) is 0 Å². The van der Waals surface area contributed by atoms with Gasteiger partial charge in [0.05, 0.1) is 22.5 Å². The second kappa shape index (κ2) is 8.76. The van der Waals surface area contributed by atoms with Crippen molar-refractivity contribution in [3.05, 3.63) is 77.7 Å². The van der Waals surface area contributed by atoms with Gasteiger partial charge in [0.15, 0.2) is 0 Å². The Morgan fingerprint density at radius 2 is 2.00 bits per heavy atom. The normalized spacial score (nSPS) is 10.1. The average molecular weight is 385 g/mol. The van der Waals surface area contributed by atoms with Crippen LogP contribution in [-0.2, 0) is 11.3 Å². The predicted molar refractivity (Wildman–Crippen MR) is 109 cm³/mol. The summed E-state index contributed by atoms with van der Waals surface area (Å²) in [5, 5.41) is 12.2. The maximum Gasteiger partial charge on any atom is 0.253 e. The molecule has 7 heteroatoms. The molecule has 3 aromatic rings. The molecule has 7 nitrogen and oxygen atoms in total. The Balaban J connectivity index is 1.75. The average Bonchev–Trinajstić information content (AvgIpc) is 2.77. The minimum Gasteiger partial charge on any atom is -0.348 e. The lowest BCUT2D eigenvalue weighted by atomic mass is 10.0. The highest BCUT2D eigenvalue weighted by Gasteiger charge is 2.13. The molecule has 0 unspecified atom stereocenters. The van der Waals surface area contributed by atoms with E-state index in [0.29, 0.717) is 29.1 Å². The van der Waals surface area contributed by atoms with E-state index in [1.807, 2.05) is 12.1 Å². The van der Waals surface area contributed by atoms with Crippen LogP contribution in [0.4, 0.5) is 5.69 Å². The van der Waals surface area contributed by atoms with Gasteiger partial charge in [0.2, 0.25) is 5.91 Å². The molecule has 2 heterocycles. The van der Waals surface area contributed by atoms with Gasteiger partial charge in [-0.1, -0.05) is 12.1 Å². The molecule has 1 aromatic carbocycles. The van der Waals surface area contributed by atoms with E-state index in [1.165, 1.54) is 18.0 Å². The molecule has 0 radical (unpaired) electrons. The fourth-order valence-corrected chi connectivity index (χ4v) is 2.73. The fourth-order valence-electron chi connectivity index (χ4n) is 2.73. The topological polar surface area (TPSA) is 99.0 Å². The van der Waals surface area contributed by atoms with Crippen LogP contribution in [0.5, 0.6) is 0 Å². The number of hydrogen-bond acceptors (Lipinski definition) is 5. The molecule has 0 saturated carbocycles. The largest absolute Gasteiger partial charge is 0.348 e. The third kappa shape index (κ3) is 4.62. The zero-order valence-electron chi connectivity index (χ0n) is 16.1. The Labute approximate surface area is 168 Å². The summed E-state index contributed by atoms with van der Waals surface area (Å²) in [6.45, 7) is 1.82. The molecule has 1 N–H and O–H groups in total. The first kappa shape index (κ1) is 19.7. The van der Waals surface area contributed by atoms with E-state index in [2.05, 4.69) is 21.4 Å². The van der Waals surface area contributed by atoms with Crippen LogP contribution in [-0.4, -0.2) is 28.8 Å². The molecule has 0 fully saturated rings. The number of pyridine rings is 2. The second-order valence-corrected chi connectivity index (χ2v) is 6.40. The number of nitriles is 1. The van der Waals surface area contributed by atoms with Gasteiger partial charge in [0.25, 0.3) is 5.91 Å². The van der Waals surface area contributed by atoms with Gasteiger partial charge in [-0.15, -0.1) is 0 Å². The van der Waals surface area contributed by atoms with Crippen molar-refractivity contribution in [3.8, 4) is 17.3 Å². The first-order chi connectivity index (χ1) is 14.0. The van der Waals surface area contributed by atoms with Gasteiger partial charge >= 0.3 is 0 Å². The van der Waals surface area contributed by atoms with Crippen LogP contribution in [0.25, 0.3) is 11.3 Å². The van der Waals surface area contributed by atoms with Gasteiger partial charge in [0.1, 0.15) is 6.07 Å². The van der Waals surface area contributed by atoms with Crippen LogP contribution >= 0.6 is 0 Å². The zero-order valence-corrected chi connectivity index (χ0v) is 16.1. The lowest BCUT2D eigenvalue weighted by Crippen LogP contribution is -2.23. The molecule has 29 heavy (non-hydrogen) atoms. The lowest BCUT2D eigenvalue weighted by Gasteiger charge is -2.17. The number of hydrogen-bond donors (Lipinski definition) is 1. The number of carbonyl (C=O) groups excluding carboxylic acids is 2. The highest BCUT2D eigenvalue weighted by molar-refractivity contribution is 5.94. The molecule has 0 aliphatic heterocycles. The van der Waals surface area contributed by atoms with E-state index >= 15 is 0 Å². The summed E-state index contributed by atoms with van der Waals surface area (Å²) < 4.78 is 0. The number of amides is 2. The maximum atomic E-state index is 12.3. The summed E-state index contributed by atoms with van der Waals surface area (Å²) in [4.78, 5) is 33.7. The third-order valence-corrected chi connectivity index (χ3v) is 4.45. The van der Waals surface area contributed by atoms with Gasteiger partial charge in [-0.05, 0) is 35.9 Å².